The molecular weight excluding hydrogens is 228 g/mol. The van der Waals surface area contributed by atoms with Crippen LogP contribution in [0.15, 0.2) is 18.2 Å². The zero-order valence-corrected chi connectivity index (χ0v) is 9.32. The molecule has 1 N–H and O–H groups in total. The van der Waals surface area contributed by atoms with E-state index in [9.17, 15) is 4.79 Å². The minimum Gasteiger partial charge on any atom is -0.478 e. The third-order valence-corrected chi connectivity index (χ3v) is 2.50. The Kier molecular flexibility index (Phi) is 2.75. The Morgan fingerprint density at radius 2 is 2.19 bits per heavy atom. The van der Waals surface area contributed by atoms with Gasteiger partial charge in [0.1, 0.15) is 0 Å². The van der Waals surface area contributed by atoms with Crippen LogP contribution in [0, 0.1) is 0 Å². The fraction of sp³-hybridized carbons (Fsp3) is 0.182. The van der Waals surface area contributed by atoms with Crippen LogP contribution >= 0.6 is 11.6 Å². The fourth-order valence-electron chi connectivity index (χ4n) is 1.56. The topological polar surface area (TPSA) is 63.1 Å². The average molecular weight is 237 g/mol. The summed E-state index contributed by atoms with van der Waals surface area (Å²) in [5.41, 5.74) is 1.66. The molecule has 5 heteroatoms. The molecule has 0 fully saturated rings. The molecule has 0 aliphatic carbocycles. The number of halogens is 1. The standard InChI is InChI=1S/C11H9ClN2O2/c1-2-8-7-5-6(10(15)16)3-4-9(7)14-11(12)13-8/h3-5H,2H2,1H3,(H,15,16). The first kappa shape index (κ1) is 10.8. The van der Waals surface area contributed by atoms with Gasteiger partial charge in [-0.3, -0.25) is 0 Å². The van der Waals surface area contributed by atoms with Gasteiger partial charge in [0.05, 0.1) is 16.8 Å². The van der Waals surface area contributed by atoms with Gasteiger partial charge in [-0.25, -0.2) is 14.8 Å². The van der Waals surface area contributed by atoms with Crippen molar-refractivity contribution >= 4 is 28.5 Å². The van der Waals surface area contributed by atoms with Crippen LogP contribution < -0.4 is 0 Å². The fourth-order valence-corrected chi connectivity index (χ4v) is 1.76. The van der Waals surface area contributed by atoms with E-state index in [0.717, 1.165) is 11.1 Å². The largest absolute Gasteiger partial charge is 0.478 e. The average Bonchev–Trinajstić information content (AvgIpc) is 2.27. The third kappa shape index (κ3) is 1.84. The smallest absolute Gasteiger partial charge is 0.335 e. The highest BCUT2D eigenvalue weighted by Crippen LogP contribution is 2.20. The number of carboxylic acids is 1. The van der Waals surface area contributed by atoms with Crippen molar-refractivity contribution in [2.24, 2.45) is 0 Å². The lowest BCUT2D eigenvalue weighted by Gasteiger charge is -2.04. The second-order valence-corrected chi connectivity index (χ2v) is 3.67. The molecule has 2 rings (SSSR count). The number of benzene rings is 1. The van der Waals surface area contributed by atoms with Crippen LogP contribution in [-0.4, -0.2) is 21.0 Å². The number of fused-ring (bicyclic) bond motifs is 1. The second-order valence-electron chi connectivity index (χ2n) is 3.33. The van der Waals surface area contributed by atoms with Gasteiger partial charge in [-0.1, -0.05) is 6.92 Å². The number of aromatic nitrogens is 2. The van der Waals surface area contributed by atoms with Crippen LogP contribution in [0.3, 0.4) is 0 Å². The minimum absolute atomic E-state index is 0.187. The number of rotatable bonds is 2. The molecule has 0 aliphatic rings. The Balaban J connectivity index is 2.75. The molecule has 1 heterocycles. The molecule has 0 spiro atoms. The summed E-state index contributed by atoms with van der Waals surface area (Å²) in [5, 5.41) is 9.83. The summed E-state index contributed by atoms with van der Waals surface area (Å²) in [4.78, 5) is 19.0. The second kappa shape index (κ2) is 4.06. The zero-order chi connectivity index (χ0) is 11.7. The van der Waals surface area contributed by atoms with Crippen LogP contribution in [0.5, 0.6) is 0 Å². The zero-order valence-electron chi connectivity index (χ0n) is 8.57. The molecule has 0 radical (unpaired) electrons. The predicted molar refractivity (Wildman–Crippen MR) is 60.9 cm³/mol. The monoisotopic (exact) mass is 236 g/mol. The van der Waals surface area contributed by atoms with Crippen LogP contribution in [0.1, 0.15) is 23.0 Å². The first-order chi connectivity index (χ1) is 7.61. The van der Waals surface area contributed by atoms with E-state index in [-0.39, 0.29) is 10.8 Å². The minimum atomic E-state index is -0.959. The van der Waals surface area contributed by atoms with Crippen LogP contribution in [-0.2, 0) is 6.42 Å². The van der Waals surface area contributed by atoms with E-state index < -0.39 is 5.97 Å². The molecule has 0 bridgehead atoms. The van der Waals surface area contributed by atoms with E-state index in [2.05, 4.69) is 9.97 Å². The first-order valence-electron chi connectivity index (χ1n) is 4.81. The molecule has 0 unspecified atom stereocenters. The lowest BCUT2D eigenvalue weighted by molar-refractivity contribution is 0.0697. The Morgan fingerprint density at radius 1 is 1.44 bits per heavy atom. The molecule has 1 aromatic heterocycles. The number of nitrogens with zero attached hydrogens (tertiary/aromatic N) is 2. The third-order valence-electron chi connectivity index (χ3n) is 2.33. The van der Waals surface area contributed by atoms with Crippen molar-refractivity contribution in [1.29, 1.82) is 0 Å². The van der Waals surface area contributed by atoms with E-state index in [1.54, 1.807) is 12.1 Å². The van der Waals surface area contributed by atoms with Gasteiger partial charge in [0.2, 0.25) is 5.28 Å². The molecular formula is C11H9ClN2O2. The highest BCUT2D eigenvalue weighted by Gasteiger charge is 2.09. The summed E-state index contributed by atoms with van der Waals surface area (Å²) in [6, 6.07) is 4.73. The molecule has 0 atom stereocenters. The van der Waals surface area contributed by atoms with Crippen LogP contribution in [0.25, 0.3) is 10.9 Å². The number of carboxylic acid groups (broad SMARTS) is 1. The first-order valence-corrected chi connectivity index (χ1v) is 5.19. The van der Waals surface area contributed by atoms with Gasteiger partial charge in [0.25, 0.3) is 0 Å². The van der Waals surface area contributed by atoms with Crippen LogP contribution in [0.2, 0.25) is 5.28 Å². The van der Waals surface area contributed by atoms with Crippen molar-refractivity contribution in [3.05, 3.63) is 34.7 Å². The summed E-state index contributed by atoms with van der Waals surface area (Å²) < 4.78 is 0. The molecule has 82 valence electrons. The van der Waals surface area contributed by atoms with Crippen molar-refractivity contribution in [1.82, 2.24) is 9.97 Å². The number of hydrogen-bond acceptors (Lipinski definition) is 3. The molecule has 0 aliphatic heterocycles. The highest BCUT2D eigenvalue weighted by molar-refractivity contribution is 6.28. The summed E-state index contributed by atoms with van der Waals surface area (Å²) in [5.74, 6) is -0.959. The maximum atomic E-state index is 10.8. The Labute approximate surface area is 96.9 Å². The van der Waals surface area contributed by atoms with Gasteiger partial charge >= 0.3 is 5.97 Å². The molecule has 2 aromatic rings. The number of aromatic carboxylic acids is 1. The van der Waals surface area contributed by atoms with Gasteiger partial charge in [-0.15, -0.1) is 0 Å². The molecule has 1 aromatic carbocycles. The summed E-state index contributed by atoms with van der Waals surface area (Å²) in [6.45, 7) is 1.94. The van der Waals surface area contributed by atoms with Gasteiger partial charge in [-0.05, 0) is 36.2 Å². The van der Waals surface area contributed by atoms with E-state index in [0.29, 0.717) is 11.9 Å². The lowest BCUT2D eigenvalue weighted by Crippen LogP contribution is -1.99. The molecule has 16 heavy (non-hydrogen) atoms. The number of hydrogen-bond donors (Lipinski definition) is 1. The van der Waals surface area contributed by atoms with Crippen molar-refractivity contribution in [2.75, 3.05) is 0 Å². The quantitative estimate of drug-likeness (QED) is 0.814. The normalized spacial score (nSPS) is 10.6. The summed E-state index contributed by atoms with van der Waals surface area (Å²) in [6.07, 6.45) is 0.682. The summed E-state index contributed by atoms with van der Waals surface area (Å²) in [7, 11) is 0. The Bertz CT molecular complexity index is 569. The van der Waals surface area contributed by atoms with Crippen molar-refractivity contribution < 1.29 is 9.90 Å². The van der Waals surface area contributed by atoms with Gasteiger partial charge in [0.15, 0.2) is 0 Å². The molecule has 4 nitrogen and oxygen atoms in total. The van der Waals surface area contributed by atoms with E-state index in [4.69, 9.17) is 16.7 Å². The van der Waals surface area contributed by atoms with Crippen molar-refractivity contribution in [2.45, 2.75) is 13.3 Å². The number of aryl methyl sites for hydroxylation is 1. The lowest BCUT2D eigenvalue weighted by atomic mass is 10.1. The van der Waals surface area contributed by atoms with Crippen LogP contribution in [0.4, 0.5) is 0 Å². The Hall–Kier alpha value is -1.68. The van der Waals surface area contributed by atoms with E-state index in [1.165, 1.54) is 6.07 Å². The van der Waals surface area contributed by atoms with E-state index in [1.807, 2.05) is 6.92 Å². The maximum absolute atomic E-state index is 10.8. The van der Waals surface area contributed by atoms with Gasteiger partial charge in [-0.2, -0.15) is 0 Å². The van der Waals surface area contributed by atoms with Gasteiger partial charge < -0.3 is 5.11 Å². The molecule has 0 saturated carbocycles. The van der Waals surface area contributed by atoms with Crippen molar-refractivity contribution in [3.8, 4) is 0 Å². The number of carbonyl (C=O) groups is 1. The Morgan fingerprint density at radius 3 is 2.81 bits per heavy atom. The van der Waals surface area contributed by atoms with Gasteiger partial charge in [0, 0.05) is 5.39 Å². The van der Waals surface area contributed by atoms with Crippen molar-refractivity contribution in [3.63, 3.8) is 0 Å². The highest BCUT2D eigenvalue weighted by atomic mass is 35.5. The summed E-state index contributed by atoms with van der Waals surface area (Å²) >= 11 is 5.77. The maximum Gasteiger partial charge on any atom is 0.335 e. The molecule has 0 saturated heterocycles. The predicted octanol–water partition coefficient (Wildman–Crippen LogP) is 2.54. The SMILES string of the molecule is CCc1nc(Cl)nc2ccc(C(=O)O)cc12. The molecule has 0 amide bonds. The van der Waals surface area contributed by atoms with E-state index >= 15 is 0 Å².